The molecule has 0 aliphatic heterocycles. The first-order valence-electron chi connectivity index (χ1n) is 18.4. The van der Waals surface area contributed by atoms with Crippen LogP contribution in [0.4, 0.5) is 21.2 Å². The second kappa shape index (κ2) is 18.5. The van der Waals surface area contributed by atoms with Gasteiger partial charge in [-0.25, -0.2) is 24.5 Å². The molecule has 0 radical (unpaired) electrons. The summed E-state index contributed by atoms with van der Waals surface area (Å²) in [7, 11) is 0. The van der Waals surface area contributed by atoms with Crippen LogP contribution >= 0.6 is 58.0 Å². The Morgan fingerprint density at radius 1 is 0.672 bits per heavy atom. The van der Waals surface area contributed by atoms with Crippen LogP contribution in [-0.4, -0.2) is 57.6 Å². The summed E-state index contributed by atoms with van der Waals surface area (Å²) >= 11 is 30.9. The van der Waals surface area contributed by atoms with Crippen LogP contribution in [0.5, 0.6) is 0 Å². The summed E-state index contributed by atoms with van der Waals surface area (Å²) < 4.78 is 14.3. The minimum atomic E-state index is -0.727. The molecular formula is C42H37Cl5N10O4. The van der Waals surface area contributed by atoms with Gasteiger partial charge in [-0.15, -0.1) is 0 Å². The van der Waals surface area contributed by atoms with Gasteiger partial charge in [-0.05, 0) is 89.1 Å². The fourth-order valence-corrected chi connectivity index (χ4v) is 6.78. The van der Waals surface area contributed by atoms with Crippen molar-refractivity contribution in [2.24, 2.45) is 0 Å². The lowest BCUT2D eigenvalue weighted by atomic mass is 10.1. The van der Waals surface area contributed by atoms with Gasteiger partial charge in [0.1, 0.15) is 39.8 Å². The third-order valence-corrected chi connectivity index (χ3v) is 9.66. The molecule has 0 aliphatic rings. The van der Waals surface area contributed by atoms with E-state index < -0.39 is 23.4 Å². The fourth-order valence-electron chi connectivity index (χ4n) is 5.66. The first-order valence-corrected chi connectivity index (χ1v) is 20.3. The van der Waals surface area contributed by atoms with Crippen LogP contribution in [0.25, 0.3) is 22.6 Å². The van der Waals surface area contributed by atoms with Gasteiger partial charge in [0.15, 0.2) is 11.3 Å². The maximum Gasteiger partial charge on any atom is 0.416 e. The van der Waals surface area contributed by atoms with E-state index in [0.717, 1.165) is 0 Å². The van der Waals surface area contributed by atoms with Crippen molar-refractivity contribution in [2.75, 3.05) is 9.80 Å². The molecule has 0 N–H and O–H groups in total. The number of nitrogens with zero attached hydrogens (tertiary/aromatic N) is 10. The second-order valence-corrected chi connectivity index (χ2v) is 17.4. The molecule has 0 saturated carbocycles. The smallest absolute Gasteiger partial charge is 0.416 e. The monoisotopic (exact) mass is 920 g/mol. The van der Waals surface area contributed by atoms with Gasteiger partial charge in [0.2, 0.25) is 0 Å². The topological polar surface area (TPSA) is 156 Å². The van der Waals surface area contributed by atoms with Crippen molar-refractivity contribution in [3.63, 3.8) is 0 Å². The molecule has 0 spiro atoms. The Morgan fingerprint density at radius 2 is 1.16 bits per heavy atom. The SMILES string of the molecule is CC(C)(C)OC(=O)N(Cc1ccc(Cl)cc1Cl)c1cc(-c2ccc(C#N)nc2)nc2ccnn12.CC(C)(C)OC(=O)N(Cc1ccc(Cl)cc1Cl)c1cc(Cl)nc2ccnn12. The summed E-state index contributed by atoms with van der Waals surface area (Å²) in [4.78, 5) is 42.1. The zero-order valence-electron chi connectivity index (χ0n) is 33.6. The number of hydrogen-bond acceptors (Lipinski definition) is 10. The standard InChI is InChI=1S/C24H20Cl2N6O2.C18H17Cl3N4O2/c1-24(2,3)34-23(33)31(14-16-4-6-17(25)10-19(16)26)22-11-20(30-21-8-9-29-32(21)22)15-5-7-18(12-27)28-13-15;1-18(2,3)27-17(26)24(10-11-4-5-12(19)8-13(11)20)16-9-14(21)23-15-6-7-22-25(15)16/h4-11,13H,14H2,1-3H3;4-9H,10H2,1-3H3. The molecule has 0 bridgehead atoms. The van der Waals surface area contributed by atoms with E-state index in [1.54, 1.807) is 137 Å². The van der Waals surface area contributed by atoms with E-state index in [4.69, 9.17) is 72.7 Å². The van der Waals surface area contributed by atoms with Crippen LogP contribution in [0.3, 0.4) is 0 Å². The highest BCUT2D eigenvalue weighted by molar-refractivity contribution is 6.35. The Morgan fingerprint density at radius 3 is 1.61 bits per heavy atom. The van der Waals surface area contributed by atoms with Crippen LogP contribution in [0.2, 0.25) is 25.2 Å². The van der Waals surface area contributed by atoms with Gasteiger partial charge in [0.25, 0.3) is 0 Å². The van der Waals surface area contributed by atoms with Crippen molar-refractivity contribution in [2.45, 2.75) is 65.8 Å². The Labute approximate surface area is 376 Å². The molecule has 0 fully saturated rings. The van der Waals surface area contributed by atoms with E-state index in [1.807, 2.05) is 6.07 Å². The van der Waals surface area contributed by atoms with Gasteiger partial charge in [-0.3, -0.25) is 9.80 Å². The molecule has 7 aromatic rings. The normalized spacial score (nSPS) is 11.4. The van der Waals surface area contributed by atoms with Gasteiger partial charge in [0, 0.05) is 56.1 Å². The predicted molar refractivity (Wildman–Crippen MR) is 237 cm³/mol. The molecular weight excluding hydrogens is 886 g/mol. The number of aromatic nitrogens is 7. The van der Waals surface area contributed by atoms with Crippen LogP contribution < -0.4 is 9.80 Å². The lowest BCUT2D eigenvalue weighted by molar-refractivity contribution is 0.0565. The van der Waals surface area contributed by atoms with Crippen molar-refractivity contribution >= 4 is 93.1 Å². The quantitative estimate of drug-likeness (QED) is 0.141. The minimum Gasteiger partial charge on any atom is -0.443 e. The van der Waals surface area contributed by atoms with Crippen molar-refractivity contribution < 1.29 is 19.1 Å². The van der Waals surface area contributed by atoms with Crippen LogP contribution in [0.15, 0.2) is 91.4 Å². The summed E-state index contributed by atoms with van der Waals surface area (Å²) in [5.41, 5.74) is 2.52. The third-order valence-electron chi connectivity index (χ3n) is 8.29. The summed E-state index contributed by atoms with van der Waals surface area (Å²) in [5, 5.41) is 19.7. The van der Waals surface area contributed by atoms with Crippen molar-refractivity contribution in [3.05, 3.63) is 133 Å². The van der Waals surface area contributed by atoms with Crippen molar-refractivity contribution in [3.8, 4) is 17.3 Å². The maximum atomic E-state index is 13.4. The van der Waals surface area contributed by atoms with E-state index in [2.05, 4.69) is 25.1 Å². The number of rotatable bonds is 7. The third kappa shape index (κ3) is 11.4. The Balaban J connectivity index is 0.000000210. The molecule has 19 heteroatoms. The van der Waals surface area contributed by atoms with Crippen molar-refractivity contribution in [1.82, 2.24) is 34.2 Å². The van der Waals surface area contributed by atoms with E-state index >= 15 is 0 Å². The highest BCUT2D eigenvalue weighted by atomic mass is 35.5. The van der Waals surface area contributed by atoms with Gasteiger partial charge >= 0.3 is 12.2 Å². The number of hydrogen-bond donors (Lipinski definition) is 0. The van der Waals surface area contributed by atoms with Gasteiger partial charge < -0.3 is 9.47 Å². The van der Waals surface area contributed by atoms with Crippen LogP contribution in [0.1, 0.15) is 58.4 Å². The van der Waals surface area contributed by atoms with E-state index in [9.17, 15) is 9.59 Å². The first kappa shape index (κ1) is 44.9. The molecule has 5 heterocycles. The van der Waals surface area contributed by atoms with Crippen molar-refractivity contribution in [1.29, 1.82) is 5.26 Å². The van der Waals surface area contributed by atoms with E-state index in [0.29, 0.717) is 71.1 Å². The predicted octanol–water partition coefficient (Wildman–Crippen LogP) is 11.5. The molecule has 2 amide bonds. The molecule has 2 aromatic carbocycles. The molecule has 314 valence electrons. The Kier molecular flexibility index (Phi) is 13.6. The number of halogens is 5. The average molecular weight is 923 g/mol. The van der Waals surface area contributed by atoms with E-state index in [1.165, 1.54) is 14.3 Å². The number of amides is 2. The van der Waals surface area contributed by atoms with Gasteiger partial charge in [0.05, 0.1) is 31.2 Å². The number of anilines is 2. The molecule has 0 unspecified atom stereocenters. The first-order chi connectivity index (χ1) is 28.8. The number of carbonyl (C=O) groups is 2. The Hall–Kier alpha value is -5.69. The summed E-state index contributed by atoms with van der Waals surface area (Å²) in [6.45, 7) is 11.0. The van der Waals surface area contributed by atoms with Crippen LogP contribution in [0, 0.1) is 11.3 Å². The minimum absolute atomic E-state index is 0.106. The average Bonchev–Trinajstić information content (AvgIpc) is 3.86. The number of benzene rings is 2. The number of pyridine rings is 1. The molecule has 0 atom stereocenters. The van der Waals surface area contributed by atoms with Crippen LogP contribution in [-0.2, 0) is 22.6 Å². The lowest BCUT2D eigenvalue weighted by Gasteiger charge is -2.28. The molecule has 0 saturated heterocycles. The zero-order valence-corrected chi connectivity index (χ0v) is 37.3. The summed E-state index contributed by atoms with van der Waals surface area (Å²) in [6.07, 6.45) is 3.59. The van der Waals surface area contributed by atoms with Gasteiger partial charge in [-0.2, -0.15) is 24.5 Å². The number of nitriles is 1. The number of ether oxygens (including phenoxy) is 2. The molecule has 61 heavy (non-hydrogen) atoms. The number of carbonyl (C=O) groups excluding carboxylic acids is 2. The summed E-state index contributed by atoms with van der Waals surface area (Å²) in [6, 6.07) is 22.2. The second-order valence-electron chi connectivity index (χ2n) is 15.3. The van der Waals surface area contributed by atoms with Gasteiger partial charge in [-0.1, -0.05) is 70.1 Å². The number of fused-ring (bicyclic) bond motifs is 2. The lowest BCUT2D eigenvalue weighted by Crippen LogP contribution is -2.37. The molecule has 0 aliphatic carbocycles. The molecule has 14 nitrogen and oxygen atoms in total. The zero-order chi connectivity index (χ0) is 44.2. The highest BCUT2D eigenvalue weighted by Crippen LogP contribution is 2.31. The Bertz CT molecular complexity index is 2780. The highest BCUT2D eigenvalue weighted by Gasteiger charge is 2.29. The largest absolute Gasteiger partial charge is 0.443 e. The molecule has 5 aromatic heterocycles. The van der Waals surface area contributed by atoms with E-state index in [-0.39, 0.29) is 18.2 Å². The fraction of sp³-hybridized carbons (Fsp3) is 0.238. The molecule has 7 rings (SSSR count). The summed E-state index contributed by atoms with van der Waals surface area (Å²) in [5.74, 6) is 0.838. The maximum absolute atomic E-state index is 13.4.